The van der Waals surface area contributed by atoms with Crippen LogP contribution in [0.15, 0.2) is 17.5 Å². The summed E-state index contributed by atoms with van der Waals surface area (Å²) in [5.74, 6) is -0.278. The lowest BCUT2D eigenvalue weighted by atomic mass is 10.3. The topological polar surface area (TPSA) is 109 Å². The number of rotatable bonds is 7. The number of aromatic nitrogens is 1. The zero-order chi connectivity index (χ0) is 22.8. The molecular formula is C17H17Cl4N5O3S2. The average Bonchev–Trinajstić information content (AvgIpc) is 3.14. The number of nitrogens with one attached hydrogen (secondary N) is 1. The molecule has 0 aromatic carbocycles. The van der Waals surface area contributed by atoms with E-state index >= 15 is 0 Å². The Hall–Kier alpha value is -1.27. The lowest BCUT2D eigenvalue weighted by molar-refractivity contribution is -0.133. The number of sulfonamides is 1. The summed E-state index contributed by atoms with van der Waals surface area (Å²) in [6.45, 7) is 0.797. The summed E-state index contributed by atoms with van der Waals surface area (Å²) in [5.41, 5.74) is 6.01. The van der Waals surface area contributed by atoms with Crippen molar-refractivity contribution in [2.75, 3.05) is 43.8 Å². The number of carbonyl (C=O) groups is 1. The number of amides is 1. The van der Waals surface area contributed by atoms with Crippen LogP contribution in [0.3, 0.4) is 0 Å². The van der Waals surface area contributed by atoms with Crippen molar-refractivity contribution in [1.82, 2.24) is 14.2 Å². The highest BCUT2D eigenvalue weighted by atomic mass is 35.5. The van der Waals surface area contributed by atoms with Gasteiger partial charge < -0.3 is 16.0 Å². The van der Waals surface area contributed by atoms with E-state index in [0.29, 0.717) is 28.0 Å². The number of thiophene rings is 1. The lowest BCUT2D eigenvalue weighted by Gasteiger charge is -2.33. The third kappa shape index (κ3) is 5.95. The van der Waals surface area contributed by atoms with E-state index in [4.69, 9.17) is 52.1 Å². The van der Waals surface area contributed by atoms with Gasteiger partial charge in [-0.25, -0.2) is 13.4 Å². The first-order chi connectivity index (χ1) is 14.6. The van der Waals surface area contributed by atoms with Gasteiger partial charge in [0.05, 0.1) is 16.6 Å². The second-order valence-corrected chi connectivity index (χ2v) is 11.1. The van der Waals surface area contributed by atoms with Gasteiger partial charge in [0.1, 0.15) is 15.9 Å². The molecule has 0 radical (unpaired) electrons. The quantitative estimate of drug-likeness (QED) is 0.512. The minimum absolute atomic E-state index is 0.0128. The van der Waals surface area contributed by atoms with E-state index in [2.05, 4.69) is 10.3 Å². The van der Waals surface area contributed by atoms with Crippen molar-refractivity contribution in [2.45, 2.75) is 0 Å². The molecule has 1 fully saturated rings. The van der Waals surface area contributed by atoms with Crippen LogP contribution in [0, 0.1) is 0 Å². The summed E-state index contributed by atoms with van der Waals surface area (Å²) in [7, 11) is -3.73. The summed E-state index contributed by atoms with van der Waals surface area (Å²) >= 11 is 25.2. The summed E-state index contributed by atoms with van der Waals surface area (Å²) in [5, 5.41) is 4.36. The van der Waals surface area contributed by atoms with Crippen LogP contribution in [-0.2, 0) is 14.8 Å². The standard InChI is InChI=1S/C17H17Cl4N5O3S2/c18-11-2-1-10(30-11)3-8-31(28,29)26-7-6-25(12(27)9-26)5-4-23-15-13(19)16(21)24-17(22)14(15)20/h1-3,8H,4-7,9H2,(H3,22,23,24)/b8-3+. The van der Waals surface area contributed by atoms with Crippen molar-refractivity contribution in [3.05, 3.63) is 42.0 Å². The molecule has 0 spiro atoms. The maximum absolute atomic E-state index is 12.5. The van der Waals surface area contributed by atoms with Gasteiger partial charge in [-0.3, -0.25) is 4.79 Å². The highest BCUT2D eigenvalue weighted by Gasteiger charge is 2.30. The molecule has 1 saturated heterocycles. The first-order valence-corrected chi connectivity index (χ1v) is 12.7. The molecule has 14 heteroatoms. The van der Waals surface area contributed by atoms with Gasteiger partial charge in [-0.15, -0.1) is 11.3 Å². The lowest BCUT2D eigenvalue weighted by Crippen LogP contribution is -2.52. The highest BCUT2D eigenvalue weighted by Crippen LogP contribution is 2.37. The molecule has 0 bridgehead atoms. The number of nitrogen functional groups attached to an aromatic ring is 1. The zero-order valence-corrected chi connectivity index (χ0v) is 20.5. The molecule has 1 aliphatic heterocycles. The Balaban J connectivity index is 1.56. The van der Waals surface area contributed by atoms with Gasteiger partial charge in [-0.2, -0.15) is 4.31 Å². The van der Waals surface area contributed by atoms with Crippen LogP contribution < -0.4 is 11.1 Å². The fraction of sp³-hybridized carbons (Fsp3) is 0.294. The number of nitrogens with zero attached hydrogens (tertiary/aromatic N) is 3. The van der Waals surface area contributed by atoms with Gasteiger partial charge >= 0.3 is 0 Å². The number of pyridine rings is 1. The van der Waals surface area contributed by atoms with Crippen LogP contribution in [0.2, 0.25) is 19.5 Å². The first-order valence-electron chi connectivity index (χ1n) is 8.83. The van der Waals surface area contributed by atoms with Gasteiger partial charge in [-0.1, -0.05) is 46.4 Å². The molecule has 0 unspecified atom stereocenters. The molecule has 3 rings (SSSR count). The minimum Gasteiger partial charge on any atom is -0.382 e. The Morgan fingerprint density at radius 3 is 2.58 bits per heavy atom. The van der Waals surface area contributed by atoms with Crippen molar-refractivity contribution in [3.63, 3.8) is 0 Å². The van der Waals surface area contributed by atoms with E-state index in [1.54, 1.807) is 17.0 Å². The molecule has 168 valence electrons. The number of carbonyl (C=O) groups excluding carboxylic acids is 1. The maximum Gasteiger partial charge on any atom is 0.238 e. The largest absolute Gasteiger partial charge is 0.382 e. The van der Waals surface area contributed by atoms with Crippen LogP contribution in [0.5, 0.6) is 0 Å². The summed E-state index contributed by atoms with van der Waals surface area (Å²) in [4.78, 5) is 18.5. The predicted octanol–water partition coefficient (Wildman–Crippen LogP) is 3.90. The monoisotopic (exact) mass is 543 g/mol. The third-order valence-corrected chi connectivity index (χ3v) is 8.22. The Labute approximate surface area is 203 Å². The molecule has 2 aromatic rings. The maximum atomic E-state index is 12.5. The second-order valence-electron chi connectivity index (χ2n) is 6.42. The minimum atomic E-state index is -3.73. The van der Waals surface area contributed by atoms with E-state index in [1.807, 2.05) is 0 Å². The van der Waals surface area contributed by atoms with E-state index in [0.717, 1.165) is 9.71 Å². The van der Waals surface area contributed by atoms with Crippen LogP contribution in [0.4, 0.5) is 11.5 Å². The number of piperazine rings is 1. The molecule has 8 nitrogen and oxygen atoms in total. The van der Waals surface area contributed by atoms with Crippen LogP contribution in [0.1, 0.15) is 4.88 Å². The van der Waals surface area contributed by atoms with Crippen LogP contribution in [-0.4, -0.2) is 61.2 Å². The summed E-state index contributed by atoms with van der Waals surface area (Å²) in [6, 6.07) is 3.40. The number of halogens is 4. The first kappa shape index (κ1) is 24.4. The molecule has 0 saturated carbocycles. The normalized spacial score (nSPS) is 15.7. The fourth-order valence-electron chi connectivity index (χ4n) is 2.80. The van der Waals surface area contributed by atoms with Gasteiger partial charge in [0, 0.05) is 36.5 Å². The third-order valence-electron chi connectivity index (χ3n) is 4.39. The van der Waals surface area contributed by atoms with E-state index in [1.165, 1.54) is 17.4 Å². The predicted molar refractivity (Wildman–Crippen MR) is 128 cm³/mol. The van der Waals surface area contributed by atoms with E-state index in [-0.39, 0.29) is 46.6 Å². The highest BCUT2D eigenvalue weighted by molar-refractivity contribution is 7.92. The number of hydrogen-bond donors (Lipinski definition) is 2. The molecule has 3 heterocycles. The van der Waals surface area contributed by atoms with Gasteiger partial charge in [0.2, 0.25) is 15.9 Å². The van der Waals surface area contributed by atoms with E-state index in [9.17, 15) is 13.2 Å². The smallest absolute Gasteiger partial charge is 0.238 e. The molecule has 0 aliphatic carbocycles. The number of anilines is 2. The van der Waals surface area contributed by atoms with Crippen molar-refractivity contribution < 1.29 is 13.2 Å². The zero-order valence-electron chi connectivity index (χ0n) is 15.8. The number of hydrogen-bond acceptors (Lipinski definition) is 7. The molecule has 31 heavy (non-hydrogen) atoms. The van der Waals surface area contributed by atoms with Crippen molar-refractivity contribution >= 4 is 91.3 Å². The van der Waals surface area contributed by atoms with Crippen molar-refractivity contribution in [3.8, 4) is 0 Å². The molecule has 2 aromatic heterocycles. The van der Waals surface area contributed by atoms with E-state index < -0.39 is 10.0 Å². The second kappa shape index (κ2) is 10.1. The molecule has 0 atom stereocenters. The molecule has 1 aliphatic rings. The van der Waals surface area contributed by atoms with Crippen LogP contribution >= 0.6 is 57.7 Å². The van der Waals surface area contributed by atoms with Gasteiger partial charge in [0.25, 0.3) is 0 Å². The Morgan fingerprint density at radius 1 is 1.19 bits per heavy atom. The molecule has 3 N–H and O–H groups in total. The van der Waals surface area contributed by atoms with Gasteiger partial charge in [-0.05, 0) is 18.2 Å². The Kier molecular flexibility index (Phi) is 7.95. The summed E-state index contributed by atoms with van der Waals surface area (Å²) in [6.07, 6.45) is 1.46. The van der Waals surface area contributed by atoms with Crippen LogP contribution in [0.25, 0.3) is 6.08 Å². The van der Waals surface area contributed by atoms with Crippen molar-refractivity contribution in [2.24, 2.45) is 0 Å². The molecule has 1 amide bonds. The summed E-state index contributed by atoms with van der Waals surface area (Å²) < 4.78 is 26.8. The molecular weight excluding hydrogens is 528 g/mol. The van der Waals surface area contributed by atoms with Crippen molar-refractivity contribution in [1.29, 1.82) is 0 Å². The van der Waals surface area contributed by atoms with Gasteiger partial charge in [0.15, 0.2) is 5.15 Å². The fourth-order valence-corrected chi connectivity index (χ4v) is 5.61. The number of nitrogens with two attached hydrogens (primary N) is 1. The Morgan fingerprint density at radius 2 is 1.94 bits per heavy atom. The average molecular weight is 545 g/mol. The SMILES string of the molecule is Nc1nc(Cl)c(Cl)c(NCCN2CCN(S(=O)(=O)/C=C/c3ccc(Cl)s3)CC2=O)c1Cl. The Bertz CT molecular complexity index is 1100.